The van der Waals surface area contributed by atoms with Crippen LogP contribution in [-0.2, 0) is 9.53 Å². The summed E-state index contributed by atoms with van der Waals surface area (Å²) in [6, 6.07) is 0. The van der Waals surface area contributed by atoms with Crippen LogP contribution in [0, 0.1) is 11.8 Å². The number of hydrogen-bond donors (Lipinski definition) is 1. The van der Waals surface area contributed by atoms with Crippen molar-refractivity contribution in [1.29, 1.82) is 0 Å². The van der Waals surface area contributed by atoms with Crippen LogP contribution in [0.3, 0.4) is 0 Å². The number of cyclic esters (lactones) is 1. The predicted octanol–water partition coefficient (Wildman–Crippen LogP) is 1.06. The molecule has 2 rings (SSSR count). The number of esters is 1. The minimum Gasteiger partial charge on any atom is -0.433 e. The van der Waals surface area contributed by atoms with E-state index in [0.717, 1.165) is 25.7 Å². The molecule has 0 radical (unpaired) electrons. The minimum atomic E-state index is -1.19. The van der Waals surface area contributed by atoms with Gasteiger partial charge in [0.2, 0.25) is 5.79 Å². The number of rotatable bonds is 0. The first kappa shape index (κ1) is 8.05. The summed E-state index contributed by atoms with van der Waals surface area (Å²) in [6.45, 7) is 1.60. The van der Waals surface area contributed by atoms with Crippen LogP contribution in [-0.4, -0.2) is 16.9 Å². The van der Waals surface area contributed by atoms with Gasteiger partial charge in [0.1, 0.15) is 0 Å². The molecule has 1 N–H and O–H groups in total. The molecule has 1 saturated carbocycles. The van der Waals surface area contributed by atoms with Crippen molar-refractivity contribution >= 4 is 5.97 Å². The molecule has 0 amide bonds. The maximum Gasteiger partial charge on any atom is 0.311 e. The number of ether oxygens (including phenoxy) is 1. The van der Waals surface area contributed by atoms with E-state index in [4.69, 9.17) is 4.74 Å². The van der Waals surface area contributed by atoms with E-state index < -0.39 is 5.79 Å². The molecule has 3 heteroatoms. The van der Waals surface area contributed by atoms with Crippen LogP contribution in [0.15, 0.2) is 0 Å². The Morgan fingerprint density at radius 3 is 2.83 bits per heavy atom. The Hall–Kier alpha value is -0.570. The fourth-order valence-electron chi connectivity index (χ4n) is 2.41. The number of hydrogen-bond acceptors (Lipinski definition) is 3. The van der Waals surface area contributed by atoms with Crippen LogP contribution in [0.25, 0.3) is 0 Å². The topological polar surface area (TPSA) is 46.5 Å². The van der Waals surface area contributed by atoms with Gasteiger partial charge >= 0.3 is 5.97 Å². The van der Waals surface area contributed by atoms with Gasteiger partial charge in [-0.05, 0) is 12.8 Å². The second-order valence-corrected chi connectivity index (χ2v) is 3.97. The van der Waals surface area contributed by atoms with Crippen LogP contribution in [0.1, 0.15) is 32.6 Å². The normalized spacial score (nSPS) is 47.0. The van der Waals surface area contributed by atoms with Gasteiger partial charge in [-0.15, -0.1) is 0 Å². The Labute approximate surface area is 71.7 Å². The highest BCUT2D eigenvalue weighted by molar-refractivity contribution is 5.75. The van der Waals surface area contributed by atoms with E-state index in [1.54, 1.807) is 6.92 Å². The van der Waals surface area contributed by atoms with Gasteiger partial charge in [0, 0.05) is 12.8 Å². The fraction of sp³-hybridized carbons (Fsp3) is 0.889. The molecule has 12 heavy (non-hydrogen) atoms. The van der Waals surface area contributed by atoms with Crippen molar-refractivity contribution in [2.75, 3.05) is 0 Å². The van der Waals surface area contributed by atoms with Crippen LogP contribution < -0.4 is 0 Å². The molecule has 1 aliphatic heterocycles. The second-order valence-electron chi connectivity index (χ2n) is 3.97. The lowest BCUT2D eigenvalue weighted by Crippen LogP contribution is -2.34. The molecule has 1 aliphatic carbocycles. The van der Waals surface area contributed by atoms with E-state index in [2.05, 4.69) is 0 Å². The van der Waals surface area contributed by atoms with Crippen molar-refractivity contribution in [1.82, 2.24) is 0 Å². The Morgan fingerprint density at radius 1 is 1.50 bits per heavy atom. The largest absolute Gasteiger partial charge is 0.433 e. The maximum absolute atomic E-state index is 11.2. The molecule has 1 heterocycles. The van der Waals surface area contributed by atoms with Crippen molar-refractivity contribution in [3.05, 3.63) is 0 Å². The van der Waals surface area contributed by atoms with Gasteiger partial charge in [-0.25, -0.2) is 0 Å². The summed E-state index contributed by atoms with van der Waals surface area (Å²) in [5.41, 5.74) is 0. The number of aliphatic hydroxyl groups is 1. The highest BCUT2D eigenvalue weighted by atomic mass is 16.7. The molecule has 0 spiro atoms. The SMILES string of the molecule is CC1(O)OC(=O)C2CCCCC21. The molecule has 0 bridgehead atoms. The lowest BCUT2D eigenvalue weighted by Gasteiger charge is -2.28. The monoisotopic (exact) mass is 170 g/mol. The quantitative estimate of drug-likeness (QED) is 0.553. The van der Waals surface area contributed by atoms with Crippen LogP contribution in [0.2, 0.25) is 0 Å². The lowest BCUT2D eigenvalue weighted by atomic mass is 9.77. The van der Waals surface area contributed by atoms with Crippen LogP contribution in [0.4, 0.5) is 0 Å². The summed E-state index contributed by atoms with van der Waals surface area (Å²) in [5, 5.41) is 9.72. The standard InChI is InChI=1S/C9H14O3/c1-9(11)7-5-3-2-4-6(7)8(10)12-9/h6-7,11H,2-5H2,1H3. The van der Waals surface area contributed by atoms with E-state index >= 15 is 0 Å². The Balaban J connectivity index is 2.22. The minimum absolute atomic E-state index is 0.0336. The molecule has 3 unspecified atom stereocenters. The fourth-order valence-corrected chi connectivity index (χ4v) is 2.41. The first-order valence-corrected chi connectivity index (χ1v) is 4.56. The van der Waals surface area contributed by atoms with Crippen molar-refractivity contribution in [3.63, 3.8) is 0 Å². The molecular weight excluding hydrogens is 156 g/mol. The van der Waals surface area contributed by atoms with E-state index in [1.165, 1.54) is 0 Å². The smallest absolute Gasteiger partial charge is 0.311 e. The summed E-state index contributed by atoms with van der Waals surface area (Å²) in [4.78, 5) is 11.2. The number of fused-ring (bicyclic) bond motifs is 1. The summed E-state index contributed by atoms with van der Waals surface area (Å²) in [5.74, 6) is -1.39. The molecule has 0 aromatic carbocycles. The van der Waals surface area contributed by atoms with E-state index in [-0.39, 0.29) is 17.8 Å². The van der Waals surface area contributed by atoms with Gasteiger partial charge in [-0.1, -0.05) is 12.8 Å². The van der Waals surface area contributed by atoms with Gasteiger partial charge in [0.05, 0.1) is 5.92 Å². The zero-order valence-corrected chi connectivity index (χ0v) is 7.25. The molecule has 2 aliphatic rings. The summed E-state index contributed by atoms with van der Waals surface area (Å²) in [6.07, 6.45) is 4.00. The predicted molar refractivity (Wildman–Crippen MR) is 42.2 cm³/mol. The average Bonchev–Trinajstić information content (AvgIpc) is 2.25. The molecule has 0 aromatic heterocycles. The molecular formula is C9H14O3. The summed E-state index contributed by atoms with van der Waals surface area (Å²) in [7, 11) is 0. The van der Waals surface area contributed by atoms with Gasteiger partial charge in [-0.3, -0.25) is 4.79 Å². The highest BCUT2D eigenvalue weighted by Gasteiger charge is 2.52. The molecule has 3 atom stereocenters. The molecule has 3 nitrogen and oxygen atoms in total. The van der Waals surface area contributed by atoms with Crippen molar-refractivity contribution < 1.29 is 14.6 Å². The summed E-state index contributed by atoms with van der Waals surface area (Å²) >= 11 is 0. The third-order valence-corrected chi connectivity index (χ3v) is 3.06. The third kappa shape index (κ3) is 1.04. The Kier molecular flexibility index (Phi) is 1.65. The average molecular weight is 170 g/mol. The van der Waals surface area contributed by atoms with Gasteiger partial charge in [-0.2, -0.15) is 0 Å². The summed E-state index contributed by atoms with van der Waals surface area (Å²) < 4.78 is 4.91. The van der Waals surface area contributed by atoms with Crippen molar-refractivity contribution in [3.8, 4) is 0 Å². The highest BCUT2D eigenvalue weighted by Crippen LogP contribution is 2.44. The second kappa shape index (κ2) is 2.46. The van der Waals surface area contributed by atoms with Gasteiger partial charge in [0.25, 0.3) is 0 Å². The zero-order chi connectivity index (χ0) is 8.77. The Morgan fingerprint density at radius 2 is 2.17 bits per heavy atom. The molecule has 0 aromatic rings. The first-order valence-electron chi connectivity index (χ1n) is 4.56. The van der Waals surface area contributed by atoms with Crippen molar-refractivity contribution in [2.24, 2.45) is 11.8 Å². The third-order valence-electron chi connectivity index (χ3n) is 3.06. The zero-order valence-electron chi connectivity index (χ0n) is 7.25. The van der Waals surface area contributed by atoms with Crippen LogP contribution >= 0.6 is 0 Å². The van der Waals surface area contributed by atoms with Gasteiger partial charge < -0.3 is 9.84 Å². The van der Waals surface area contributed by atoms with Crippen molar-refractivity contribution in [2.45, 2.75) is 38.4 Å². The van der Waals surface area contributed by atoms with Gasteiger partial charge in [0.15, 0.2) is 0 Å². The van der Waals surface area contributed by atoms with E-state index in [0.29, 0.717) is 0 Å². The number of carbonyl (C=O) groups is 1. The maximum atomic E-state index is 11.2. The molecule has 2 fully saturated rings. The number of carbonyl (C=O) groups excluding carboxylic acids is 1. The first-order chi connectivity index (χ1) is 5.61. The van der Waals surface area contributed by atoms with E-state index in [1.807, 2.05) is 0 Å². The lowest BCUT2D eigenvalue weighted by molar-refractivity contribution is -0.193. The Bertz CT molecular complexity index is 210. The van der Waals surface area contributed by atoms with Crippen LogP contribution in [0.5, 0.6) is 0 Å². The van der Waals surface area contributed by atoms with E-state index in [9.17, 15) is 9.90 Å². The molecule has 1 saturated heterocycles. The molecule has 68 valence electrons.